The van der Waals surface area contributed by atoms with Crippen molar-refractivity contribution in [2.75, 3.05) is 13.7 Å². The molecule has 0 aliphatic carbocycles. The van der Waals surface area contributed by atoms with E-state index in [-0.39, 0.29) is 35.1 Å². The maximum Gasteiger partial charge on any atom is 0.343 e. The third kappa shape index (κ3) is 6.26. The molecule has 0 saturated carbocycles. The van der Waals surface area contributed by atoms with Gasteiger partial charge in [0.25, 0.3) is 0 Å². The summed E-state index contributed by atoms with van der Waals surface area (Å²) >= 11 is 18.7. The number of hydrogen-bond acceptors (Lipinski definition) is 7. The highest BCUT2D eigenvalue weighted by Crippen LogP contribution is 2.34. The number of aliphatic hydroxyl groups excluding tert-OH is 1. The minimum absolute atomic E-state index is 0.00341. The van der Waals surface area contributed by atoms with Gasteiger partial charge in [-0.3, -0.25) is 4.99 Å². The molecule has 0 radical (unpaired) electrons. The first-order valence-electron chi connectivity index (χ1n) is 10.0. The van der Waals surface area contributed by atoms with Crippen molar-refractivity contribution in [2.24, 2.45) is 4.99 Å². The third-order valence-corrected chi connectivity index (χ3v) is 5.35. The molecule has 0 spiro atoms. The van der Waals surface area contributed by atoms with Crippen LogP contribution in [0.3, 0.4) is 0 Å². The molecule has 0 amide bonds. The molecule has 1 N–H and O–H groups in total. The molecule has 0 atom stereocenters. The molecule has 34 heavy (non-hydrogen) atoms. The number of ether oxygens (including phenoxy) is 2. The van der Waals surface area contributed by atoms with E-state index in [2.05, 4.69) is 15.0 Å². The van der Waals surface area contributed by atoms with Gasteiger partial charge in [-0.1, -0.05) is 46.9 Å². The van der Waals surface area contributed by atoms with Gasteiger partial charge in [-0.05, 0) is 42.8 Å². The number of aliphatic hydroxyl groups is 1. The van der Waals surface area contributed by atoms with Crippen LogP contribution in [-0.2, 0) is 16.1 Å². The van der Waals surface area contributed by atoms with Gasteiger partial charge in [0.2, 0.25) is 0 Å². The van der Waals surface area contributed by atoms with Gasteiger partial charge in [-0.15, -0.1) is 0 Å². The van der Waals surface area contributed by atoms with Crippen molar-refractivity contribution in [1.29, 1.82) is 0 Å². The Morgan fingerprint density at radius 2 is 1.76 bits per heavy atom. The van der Waals surface area contributed by atoms with Crippen molar-refractivity contribution in [3.8, 4) is 17.0 Å². The van der Waals surface area contributed by atoms with E-state index in [1.54, 1.807) is 44.4 Å². The van der Waals surface area contributed by atoms with Crippen molar-refractivity contribution in [3.63, 3.8) is 0 Å². The minimum Gasteiger partial charge on any atom is -0.505 e. The number of aliphatic imine (C=N–C) groups is 1. The fraction of sp³-hybridized carbons (Fsp3) is 0.167. The molecule has 3 rings (SSSR count). The first kappa shape index (κ1) is 25.5. The molecule has 176 valence electrons. The summed E-state index contributed by atoms with van der Waals surface area (Å²) in [6, 6.07) is 12.1. The van der Waals surface area contributed by atoms with E-state index in [0.717, 1.165) is 5.56 Å². The van der Waals surface area contributed by atoms with E-state index in [9.17, 15) is 9.90 Å². The van der Waals surface area contributed by atoms with Gasteiger partial charge in [-0.25, -0.2) is 14.8 Å². The summed E-state index contributed by atoms with van der Waals surface area (Å²) in [7, 11) is 1.58. The molecule has 0 bridgehead atoms. The Morgan fingerprint density at radius 3 is 2.38 bits per heavy atom. The average Bonchev–Trinajstić information content (AvgIpc) is 2.81. The SMILES string of the molecule is CCOC(=O)/C(C=NCc1ccc(OC)cc1)=C(/O)c1ncnc(-c2cc(Cl)cc(Cl)c2)c1Cl. The number of carbonyl (C=O) groups is 1. The van der Waals surface area contributed by atoms with E-state index in [1.165, 1.54) is 12.5 Å². The van der Waals surface area contributed by atoms with Gasteiger partial charge in [0.15, 0.2) is 5.76 Å². The summed E-state index contributed by atoms with van der Waals surface area (Å²) in [4.78, 5) is 25.1. The lowest BCUT2D eigenvalue weighted by Crippen LogP contribution is -2.12. The van der Waals surface area contributed by atoms with Gasteiger partial charge in [0.1, 0.15) is 23.3 Å². The van der Waals surface area contributed by atoms with Crippen molar-refractivity contribution in [1.82, 2.24) is 9.97 Å². The third-order valence-electron chi connectivity index (χ3n) is 4.55. The number of rotatable bonds is 8. The van der Waals surface area contributed by atoms with E-state index in [4.69, 9.17) is 44.3 Å². The lowest BCUT2D eigenvalue weighted by Gasteiger charge is -2.10. The summed E-state index contributed by atoms with van der Waals surface area (Å²) in [5.74, 6) is -0.563. The van der Waals surface area contributed by atoms with Crippen LogP contribution in [0.2, 0.25) is 15.1 Å². The average molecular weight is 521 g/mol. The number of carbonyl (C=O) groups excluding carboxylic acids is 1. The number of aromatic nitrogens is 2. The zero-order valence-corrected chi connectivity index (χ0v) is 20.5. The summed E-state index contributed by atoms with van der Waals surface area (Å²) in [5, 5.41) is 11.7. The Labute approximate surface area is 211 Å². The fourth-order valence-electron chi connectivity index (χ4n) is 2.95. The number of halogens is 3. The first-order chi connectivity index (χ1) is 16.3. The van der Waals surface area contributed by atoms with E-state index >= 15 is 0 Å². The second kappa shape index (κ2) is 11.8. The molecule has 0 saturated heterocycles. The molecular formula is C24H20Cl3N3O4. The van der Waals surface area contributed by atoms with Gasteiger partial charge in [-0.2, -0.15) is 0 Å². The van der Waals surface area contributed by atoms with Crippen LogP contribution in [0.1, 0.15) is 18.2 Å². The second-order valence-electron chi connectivity index (χ2n) is 6.84. The highest BCUT2D eigenvalue weighted by molar-refractivity contribution is 6.36. The molecule has 10 heteroatoms. The Hall–Kier alpha value is -3.13. The van der Waals surface area contributed by atoms with E-state index in [0.29, 0.717) is 21.4 Å². The second-order valence-corrected chi connectivity index (χ2v) is 8.09. The first-order valence-corrected chi connectivity index (χ1v) is 11.2. The largest absolute Gasteiger partial charge is 0.505 e. The minimum atomic E-state index is -0.777. The maximum atomic E-state index is 12.6. The number of nitrogens with zero attached hydrogens (tertiary/aromatic N) is 3. The van der Waals surface area contributed by atoms with Crippen LogP contribution in [0.25, 0.3) is 17.0 Å². The number of esters is 1. The van der Waals surface area contributed by atoms with Gasteiger partial charge in [0.05, 0.1) is 31.0 Å². The van der Waals surface area contributed by atoms with Crippen LogP contribution >= 0.6 is 34.8 Å². The summed E-state index contributed by atoms with van der Waals surface area (Å²) < 4.78 is 10.2. The lowest BCUT2D eigenvalue weighted by atomic mass is 10.1. The number of methoxy groups -OCH3 is 1. The molecule has 2 aromatic carbocycles. The number of benzene rings is 2. The molecule has 0 fully saturated rings. The normalized spacial score (nSPS) is 11.9. The molecular weight excluding hydrogens is 501 g/mol. The summed E-state index contributed by atoms with van der Waals surface area (Å²) in [6.07, 6.45) is 2.44. The smallest absolute Gasteiger partial charge is 0.343 e. The van der Waals surface area contributed by atoms with Crippen LogP contribution in [-0.4, -0.2) is 41.0 Å². The van der Waals surface area contributed by atoms with Crippen molar-refractivity contribution in [2.45, 2.75) is 13.5 Å². The van der Waals surface area contributed by atoms with Gasteiger partial charge >= 0.3 is 5.97 Å². The lowest BCUT2D eigenvalue weighted by molar-refractivity contribution is -0.137. The van der Waals surface area contributed by atoms with Crippen LogP contribution < -0.4 is 4.74 Å². The van der Waals surface area contributed by atoms with Crippen LogP contribution in [0.5, 0.6) is 5.75 Å². The van der Waals surface area contributed by atoms with Crippen LogP contribution in [0.4, 0.5) is 0 Å². The van der Waals surface area contributed by atoms with Crippen LogP contribution in [0, 0.1) is 0 Å². The highest BCUT2D eigenvalue weighted by Gasteiger charge is 2.22. The monoisotopic (exact) mass is 519 g/mol. The molecule has 0 aliphatic heterocycles. The zero-order chi connectivity index (χ0) is 24.7. The van der Waals surface area contributed by atoms with Gasteiger partial charge < -0.3 is 14.6 Å². The molecule has 7 nitrogen and oxygen atoms in total. The summed E-state index contributed by atoms with van der Waals surface area (Å²) in [6.45, 7) is 2.01. The standard InChI is InChI=1S/C24H20Cl3N3O4/c1-3-34-24(32)19(12-28-11-14-4-6-18(33-2)7-5-14)23(31)22-20(27)21(29-13-30-22)15-8-16(25)10-17(26)9-15/h4-10,12-13,31H,3,11H2,1-2H3/b23-19+,28-12?. The molecule has 0 aliphatic rings. The van der Waals surface area contributed by atoms with Gasteiger partial charge in [0, 0.05) is 21.8 Å². The predicted octanol–water partition coefficient (Wildman–Crippen LogP) is 6.22. The summed E-state index contributed by atoms with van der Waals surface area (Å²) in [5.41, 5.74) is 1.40. The quantitative estimate of drug-likeness (QED) is 0.164. The topological polar surface area (TPSA) is 93.9 Å². The molecule has 1 aromatic heterocycles. The van der Waals surface area contributed by atoms with Crippen molar-refractivity contribution < 1.29 is 19.4 Å². The fourth-order valence-corrected chi connectivity index (χ4v) is 3.77. The van der Waals surface area contributed by atoms with E-state index < -0.39 is 11.7 Å². The highest BCUT2D eigenvalue weighted by atomic mass is 35.5. The van der Waals surface area contributed by atoms with Crippen molar-refractivity contribution in [3.05, 3.63) is 80.7 Å². The maximum absolute atomic E-state index is 12.6. The Balaban J connectivity index is 2.00. The Bertz CT molecular complexity index is 1220. The molecule has 3 aromatic rings. The van der Waals surface area contributed by atoms with Crippen LogP contribution in [0.15, 0.2) is 59.4 Å². The number of hydrogen-bond donors (Lipinski definition) is 1. The molecule has 0 unspecified atom stereocenters. The van der Waals surface area contributed by atoms with E-state index in [1.807, 2.05) is 12.1 Å². The predicted molar refractivity (Wildman–Crippen MR) is 134 cm³/mol. The zero-order valence-electron chi connectivity index (χ0n) is 18.3. The Morgan fingerprint density at radius 1 is 1.09 bits per heavy atom. The molecule has 1 heterocycles. The Kier molecular flexibility index (Phi) is 8.87. The van der Waals surface area contributed by atoms with Crippen molar-refractivity contribution >= 4 is 52.7 Å².